The van der Waals surface area contributed by atoms with Crippen LogP contribution in [0.2, 0.25) is 0 Å². The van der Waals surface area contributed by atoms with E-state index in [0.29, 0.717) is 0 Å². The van der Waals surface area contributed by atoms with Crippen LogP contribution in [0, 0.1) is 0 Å². The van der Waals surface area contributed by atoms with Gasteiger partial charge in [-0.1, -0.05) is 0 Å². The van der Waals surface area contributed by atoms with Gasteiger partial charge >= 0.3 is 0 Å². The minimum absolute atomic E-state index is 0.608. The van der Waals surface area contributed by atoms with Gasteiger partial charge in [-0.3, -0.25) is 0 Å². The number of aliphatic hydroxyl groups excluding tert-OH is 9. The fourth-order valence-electron chi connectivity index (χ4n) is 4.43. The first kappa shape index (κ1) is 28.9. The molecule has 206 valence electrons. The van der Waals surface area contributed by atoms with E-state index in [1.807, 2.05) is 0 Å². The first-order chi connectivity index (χ1) is 16.5. The predicted molar refractivity (Wildman–Crippen MR) is 106 cm³/mol. The first-order valence-electron chi connectivity index (χ1n) is 10.9. The van der Waals surface area contributed by atoms with Crippen molar-refractivity contribution in [2.45, 2.75) is 72.3 Å². The fraction of sp³-hybridized carbons (Fsp3) is 1.00. The third-order valence-corrected chi connectivity index (χ3v) is 6.58. The average Bonchev–Trinajstić information content (AvgIpc) is 3.38. The number of aliphatic hydroxyl groups is 10. The van der Waals surface area contributed by atoms with Crippen LogP contribution in [0.15, 0.2) is 0 Å². The molecule has 3 rings (SSSR count). The van der Waals surface area contributed by atoms with Gasteiger partial charge in [0.2, 0.25) is 17.4 Å². The van der Waals surface area contributed by atoms with E-state index in [4.69, 9.17) is 28.4 Å². The molecule has 3 fully saturated rings. The standard InChI is InChI=1S/C19H34O16/c1-30-13-10(4-22)35-18(5-23,16(13)28)32-7-19(15(27)12(25)9(3-21)34-19)31-6-17(29)14(26)11(24)8(2-20)33-17/h8-16,20-29H,2-7H2,1H3. The van der Waals surface area contributed by atoms with Crippen molar-refractivity contribution < 1.29 is 79.5 Å². The summed E-state index contributed by atoms with van der Waals surface area (Å²) < 4.78 is 32.2. The lowest BCUT2D eigenvalue weighted by Gasteiger charge is -2.38. The monoisotopic (exact) mass is 518 g/mol. The van der Waals surface area contributed by atoms with Crippen LogP contribution in [0.5, 0.6) is 0 Å². The predicted octanol–water partition coefficient (Wildman–Crippen LogP) is -6.91. The van der Waals surface area contributed by atoms with E-state index in [-0.39, 0.29) is 0 Å². The highest BCUT2D eigenvalue weighted by Crippen LogP contribution is 2.40. The molecule has 0 aromatic rings. The Balaban J connectivity index is 1.83. The molecule has 0 spiro atoms. The summed E-state index contributed by atoms with van der Waals surface area (Å²) in [7, 11) is 1.23. The van der Waals surface area contributed by atoms with Gasteiger partial charge in [-0.25, -0.2) is 0 Å². The Labute approximate surface area is 199 Å². The van der Waals surface area contributed by atoms with E-state index in [1.165, 1.54) is 7.11 Å². The molecule has 3 aliphatic heterocycles. The number of hydrogen-bond donors (Lipinski definition) is 10. The van der Waals surface area contributed by atoms with E-state index in [0.717, 1.165) is 0 Å². The van der Waals surface area contributed by atoms with E-state index in [1.54, 1.807) is 0 Å². The van der Waals surface area contributed by atoms with Crippen molar-refractivity contribution in [1.82, 2.24) is 0 Å². The zero-order valence-corrected chi connectivity index (χ0v) is 18.9. The van der Waals surface area contributed by atoms with Gasteiger partial charge in [-0.15, -0.1) is 0 Å². The molecule has 0 aliphatic carbocycles. The maximum atomic E-state index is 10.7. The van der Waals surface area contributed by atoms with Crippen molar-refractivity contribution in [1.29, 1.82) is 0 Å². The summed E-state index contributed by atoms with van der Waals surface area (Å²) in [5.41, 5.74) is 0. The summed E-state index contributed by atoms with van der Waals surface area (Å²) in [6.45, 7) is -4.99. The molecule has 0 bridgehead atoms. The number of hydrogen-bond acceptors (Lipinski definition) is 16. The van der Waals surface area contributed by atoms with Gasteiger partial charge in [0.15, 0.2) is 0 Å². The van der Waals surface area contributed by atoms with Gasteiger partial charge in [-0.05, 0) is 0 Å². The Hall–Kier alpha value is -0.640. The summed E-state index contributed by atoms with van der Waals surface area (Å²) >= 11 is 0. The Bertz CT molecular complexity index is 700. The third-order valence-electron chi connectivity index (χ3n) is 6.58. The number of ether oxygens (including phenoxy) is 6. The van der Waals surface area contributed by atoms with Crippen molar-refractivity contribution in [3.63, 3.8) is 0 Å². The van der Waals surface area contributed by atoms with E-state index >= 15 is 0 Å². The summed E-state index contributed by atoms with van der Waals surface area (Å²) in [6.07, 6.45) is -13.9. The molecule has 12 atom stereocenters. The maximum absolute atomic E-state index is 10.7. The Morgan fingerprint density at radius 2 is 1.17 bits per heavy atom. The van der Waals surface area contributed by atoms with Crippen LogP contribution in [-0.2, 0) is 28.4 Å². The van der Waals surface area contributed by atoms with Crippen LogP contribution >= 0.6 is 0 Å². The second-order valence-corrected chi connectivity index (χ2v) is 8.74. The second-order valence-electron chi connectivity index (χ2n) is 8.74. The molecule has 0 aromatic heterocycles. The topological polar surface area (TPSA) is 258 Å². The van der Waals surface area contributed by atoms with Gasteiger partial charge in [-0.2, -0.15) is 0 Å². The Kier molecular flexibility index (Phi) is 9.09. The summed E-state index contributed by atoms with van der Waals surface area (Å²) in [5, 5.41) is 100. The molecule has 12 unspecified atom stereocenters. The van der Waals surface area contributed by atoms with Gasteiger partial charge in [0.25, 0.3) is 0 Å². The highest BCUT2D eigenvalue weighted by Gasteiger charge is 2.62. The van der Waals surface area contributed by atoms with Crippen LogP contribution < -0.4 is 0 Å². The summed E-state index contributed by atoms with van der Waals surface area (Å²) in [6, 6.07) is 0. The van der Waals surface area contributed by atoms with Gasteiger partial charge in [0.1, 0.15) is 74.8 Å². The maximum Gasteiger partial charge on any atom is 0.222 e. The SMILES string of the molecule is COC1C(CO)OC(CO)(OCC2(OCC3(O)OC(CO)C(O)C3O)OC(CO)C(O)C2O)C1O. The Morgan fingerprint density at radius 1 is 0.657 bits per heavy atom. The quantitative estimate of drug-likeness (QED) is 0.122. The van der Waals surface area contributed by atoms with E-state index < -0.39 is 112 Å². The molecular formula is C19H34O16. The van der Waals surface area contributed by atoms with Crippen molar-refractivity contribution in [3.8, 4) is 0 Å². The Morgan fingerprint density at radius 3 is 1.63 bits per heavy atom. The molecule has 16 heteroatoms. The second kappa shape index (κ2) is 11.0. The van der Waals surface area contributed by atoms with Crippen LogP contribution in [0.1, 0.15) is 0 Å². The van der Waals surface area contributed by atoms with Crippen molar-refractivity contribution >= 4 is 0 Å². The molecular weight excluding hydrogens is 484 g/mol. The van der Waals surface area contributed by atoms with Crippen LogP contribution in [0.25, 0.3) is 0 Å². The van der Waals surface area contributed by atoms with Crippen LogP contribution in [-0.4, -0.2) is 170 Å². The molecule has 3 saturated heterocycles. The minimum atomic E-state index is -2.59. The van der Waals surface area contributed by atoms with E-state index in [9.17, 15) is 51.1 Å². The van der Waals surface area contributed by atoms with Crippen molar-refractivity contribution in [2.24, 2.45) is 0 Å². The van der Waals surface area contributed by atoms with Crippen molar-refractivity contribution in [2.75, 3.05) is 46.8 Å². The van der Waals surface area contributed by atoms with Gasteiger partial charge in [0, 0.05) is 7.11 Å². The molecule has 0 saturated carbocycles. The largest absolute Gasteiger partial charge is 0.394 e. The number of rotatable bonds is 11. The zero-order chi connectivity index (χ0) is 26.2. The lowest BCUT2D eigenvalue weighted by atomic mass is 10.0. The fourth-order valence-corrected chi connectivity index (χ4v) is 4.43. The van der Waals surface area contributed by atoms with E-state index in [2.05, 4.69) is 0 Å². The molecule has 0 aromatic carbocycles. The molecule has 0 amide bonds. The molecule has 3 aliphatic rings. The molecule has 35 heavy (non-hydrogen) atoms. The lowest BCUT2D eigenvalue weighted by molar-refractivity contribution is -0.359. The normalized spacial score (nSPS) is 50.3. The van der Waals surface area contributed by atoms with Crippen molar-refractivity contribution in [3.05, 3.63) is 0 Å². The summed E-state index contributed by atoms with van der Waals surface area (Å²) in [5.74, 6) is -7.18. The molecule has 10 N–H and O–H groups in total. The van der Waals surface area contributed by atoms with Gasteiger partial charge < -0.3 is 79.5 Å². The third kappa shape index (κ3) is 4.96. The average molecular weight is 518 g/mol. The first-order valence-corrected chi connectivity index (χ1v) is 10.9. The molecule has 16 nitrogen and oxygen atoms in total. The minimum Gasteiger partial charge on any atom is -0.394 e. The molecule has 3 heterocycles. The lowest BCUT2D eigenvalue weighted by Crippen LogP contribution is -2.58. The van der Waals surface area contributed by atoms with Crippen LogP contribution in [0.3, 0.4) is 0 Å². The smallest absolute Gasteiger partial charge is 0.222 e. The van der Waals surface area contributed by atoms with Gasteiger partial charge in [0.05, 0.1) is 19.8 Å². The van der Waals surface area contributed by atoms with Crippen LogP contribution in [0.4, 0.5) is 0 Å². The zero-order valence-electron chi connectivity index (χ0n) is 18.9. The molecule has 0 radical (unpaired) electrons. The summed E-state index contributed by atoms with van der Waals surface area (Å²) in [4.78, 5) is 0. The highest BCUT2D eigenvalue weighted by atomic mass is 16.8. The number of methoxy groups -OCH3 is 1. The highest BCUT2D eigenvalue weighted by molar-refractivity contribution is 5.02.